The molecule has 2 bridgehead atoms. The highest BCUT2D eigenvalue weighted by Gasteiger charge is 2.49. The molecule has 0 aromatic heterocycles. The highest BCUT2D eigenvalue weighted by Crippen LogP contribution is 2.60. The van der Waals surface area contributed by atoms with Gasteiger partial charge in [0.1, 0.15) is 0 Å². The minimum absolute atomic E-state index is 0.198. The summed E-state index contributed by atoms with van der Waals surface area (Å²) in [5, 5.41) is 8.96. The lowest BCUT2D eigenvalue weighted by Gasteiger charge is -2.36. The van der Waals surface area contributed by atoms with Crippen LogP contribution in [0, 0.1) is 17.3 Å². The Morgan fingerprint density at radius 3 is 2.88 bits per heavy atom. The third kappa shape index (κ3) is 1.86. The fraction of sp³-hybridized carbons (Fsp3) is 0.733. The van der Waals surface area contributed by atoms with Crippen molar-refractivity contribution in [1.29, 1.82) is 0 Å². The number of fused-ring (bicyclic) bond motifs is 2. The maximum Gasteiger partial charge on any atom is 0.0639 e. The quantitative estimate of drug-likeness (QED) is 0.716. The van der Waals surface area contributed by atoms with E-state index in [1.807, 2.05) is 6.92 Å². The van der Waals surface area contributed by atoms with Crippen LogP contribution >= 0.6 is 0 Å². The Kier molecular flexibility index (Phi) is 3.25. The van der Waals surface area contributed by atoms with Gasteiger partial charge in [0.2, 0.25) is 0 Å². The summed E-state index contributed by atoms with van der Waals surface area (Å²) < 4.78 is 0. The normalized spacial score (nSPS) is 38.4. The first-order valence-electron chi connectivity index (χ1n) is 6.53. The van der Waals surface area contributed by atoms with Crippen molar-refractivity contribution in [3.63, 3.8) is 0 Å². The number of hydrogen-bond donors (Lipinski definition) is 1. The summed E-state index contributed by atoms with van der Waals surface area (Å²) in [5.74, 6) is 1.70. The van der Waals surface area contributed by atoms with Crippen molar-refractivity contribution in [2.45, 2.75) is 46.0 Å². The van der Waals surface area contributed by atoms with Crippen LogP contribution in [0.3, 0.4) is 0 Å². The molecule has 0 heterocycles. The Morgan fingerprint density at radius 1 is 1.56 bits per heavy atom. The fourth-order valence-corrected chi connectivity index (χ4v) is 3.65. The molecule has 2 fully saturated rings. The number of aliphatic hydroxyl groups excluding tert-OH is 1. The molecule has 0 aliphatic heterocycles. The molecule has 3 atom stereocenters. The zero-order valence-corrected chi connectivity index (χ0v) is 10.6. The predicted octanol–water partition coefficient (Wildman–Crippen LogP) is 3.70. The fourth-order valence-electron chi connectivity index (χ4n) is 3.65. The van der Waals surface area contributed by atoms with E-state index >= 15 is 0 Å². The average Bonchev–Trinajstić information content (AvgIpc) is 2.83. The Bertz CT molecular complexity index is 315. The second kappa shape index (κ2) is 4.37. The topological polar surface area (TPSA) is 20.2 Å². The summed E-state index contributed by atoms with van der Waals surface area (Å²) in [6.07, 6.45) is 8.66. The summed E-state index contributed by atoms with van der Waals surface area (Å²) in [5.41, 5.74) is 2.99. The minimum Gasteiger partial charge on any atom is -0.392 e. The molecule has 0 spiro atoms. The van der Waals surface area contributed by atoms with Crippen molar-refractivity contribution in [1.82, 2.24) is 0 Å². The van der Waals surface area contributed by atoms with E-state index in [1.165, 1.54) is 31.3 Å². The molecule has 0 saturated heterocycles. The summed E-state index contributed by atoms with van der Waals surface area (Å²) >= 11 is 0. The molecule has 0 aromatic rings. The van der Waals surface area contributed by atoms with Crippen LogP contribution in [0.15, 0.2) is 23.8 Å². The van der Waals surface area contributed by atoms with Gasteiger partial charge in [0.25, 0.3) is 0 Å². The molecule has 16 heavy (non-hydrogen) atoms. The lowest BCUT2D eigenvalue weighted by molar-refractivity contribution is 0.240. The van der Waals surface area contributed by atoms with Gasteiger partial charge in [-0.25, -0.2) is 0 Å². The highest BCUT2D eigenvalue weighted by atomic mass is 16.3. The number of hydrogen-bond acceptors (Lipinski definition) is 1. The Labute approximate surface area is 99.3 Å². The van der Waals surface area contributed by atoms with Crippen LogP contribution in [-0.2, 0) is 0 Å². The van der Waals surface area contributed by atoms with E-state index in [9.17, 15) is 0 Å². The van der Waals surface area contributed by atoms with Crippen LogP contribution in [0.4, 0.5) is 0 Å². The molecule has 1 nitrogen and oxygen atoms in total. The maximum absolute atomic E-state index is 8.96. The van der Waals surface area contributed by atoms with Gasteiger partial charge in [-0.1, -0.05) is 30.7 Å². The number of rotatable bonds is 4. The van der Waals surface area contributed by atoms with E-state index in [4.69, 9.17) is 5.11 Å². The second-order valence-corrected chi connectivity index (χ2v) is 5.90. The molecule has 2 aliphatic rings. The van der Waals surface area contributed by atoms with E-state index < -0.39 is 0 Å². The van der Waals surface area contributed by atoms with Crippen molar-refractivity contribution >= 4 is 0 Å². The van der Waals surface area contributed by atoms with Gasteiger partial charge >= 0.3 is 0 Å². The summed E-state index contributed by atoms with van der Waals surface area (Å²) in [4.78, 5) is 0. The summed E-state index contributed by atoms with van der Waals surface area (Å²) in [7, 11) is 0. The molecular formula is C15H24O. The Hall–Kier alpha value is -0.560. The third-order valence-electron chi connectivity index (χ3n) is 4.97. The molecule has 0 unspecified atom stereocenters. The zero-order chi connectivity index (χ0) is 11.8. The first kappa shape index (κ1) is 11.9. The summed E-state index contributed by atoms with van der Waals surface area (Å²) in [6, 6.07) is 0. The van der Waals surface area contributed by atoms with Gasteiger partial charge in [0.05, 0.1) is 6.61 Å². The lowest BCUT2D eigenvalue weighted by atomic mass is 9.69. The van der Waals surface area contributed by atoms with E-state index in [0.29, 0.717) is 5.41 Å². The van der Waals surface area contributed by atoms with E-state index in [1.54, 1.807) is 0 Å². The van der Waals surface area contributed by atoms with E-state index in [0.717, 1.165) is 23.8 Å². The molecule has 2 saturated carbocycles. The first-order valence-corrected chi connectivity index (χ1v) is 6.53. The number of aliphatic hydroxyl groups is 1. The van der Waals surface area contributed by atoms with Crippen LogP contribution in [0.5, 0.6) is 0 Å². The Morgan fingerprint density at radius 2 is 2.31 bits per heavy atom. The third-order valence-corrected chi connectivity index (χ3v) is 4.97. The number of allylic oxidation sites excluding steroid dienone is 2. The van der Waals surface area contributed by atoms with Gasteiger partial charge < -0.3 is 5.11 Å². The molecule has 1 heteroatoms. The Balaban J connectivity index is 1.96. The molecule has 0 aromatic carbocycles. The molecule has 2 aliphatic carbocycles. The van der Waals surface area contributed by atoms with Crippen LogP contribution in [0.1, 0.15) is 46.0 Å². The standard InChI is InChI=1S/C15H24O/c1-11(10-16)5-4-8-15(3)12(2)13-6-7-14(15)9-13/h5,13-14,16H,2,4,6-10H2,1,3H3/t13-,14+,15-/m1/s1. The van der Waals surface area contributed by atoms with Crippen molar-refractivity contribution in [2.75, 3.05) is 6.61 Å². The van der Waals surface area contributed by atoms with Gasteiger partial charge in [0, 0.05) is 0 Å². The van der Waals surface area contributed by atoms with Crippen molar-refractivity contribution in [2.24, 2.45) is 17.3 Å². The molecular weight excluding hydrogens is 196 g/mol. The van der Waals surface area contributed by atoms with Gasteiger partial charge in [0.15, 0.2) is 0 Å². The average molecular weight is 220 g/mol. The SMILES string of the molecule is C=C1[C@@H]2CC[C@@H](C2)[C@]1(C)CCC=C(C)CO. The lowest BCUT2D eigenvalue weighted by Crippen LogP contribution is -2.26. The molecule has 1 N–H and O–H groups in total. The molecule has 0 amide bonds. The maximum atomic E-state index is 8.96. The molecule has 0 radical (unpaired) electrons. The minimum atomic E-state index is 0.198. The molecule has 90 valence electrons. The first-order chi connectivity index (χ1) is 7.58. The van der Waals surface area contributed by atoms with Crippen LogP contribution < -0.4 is 0 Å². The van der Waals surface area contributed by atoms with Gasteiger partial charge in [-0.05, 0) is 56.3 Å². The van der Waals surface area contributed by atoms with Crippen LogP contribution in [-0.4, -0.2) is 11.7 Å². The predicted molar refractivity (Wildman–Crippen MR) is 68.2 cm³/mol. The van der Waals surface area contributed by atoms with E-state index in [-0.39, 0.29) is 6.61 Å². The van der Waals surface area contributed by atoms with Gasteiger partial charge in [-0.15, -0.1) is 0 Å². The smallest absolute Gasteiger partial charge is 0.0639 e. The molecule has 2 rings (SSSR count). The highest BCUT2D eigenvalue weighted by molar-refractivity contribution is 5.24. The second-order valence-electron chi connectivity index (χ2n) is 5.90. The van der Waals surface area contributed by atoms with Crippen molar-refractivity contribution in [3.8, 4) is 0 Å². The summed E-state index contributed by atoms with van der Waals surface area (Å²) in [6.45, 7) is 8.94. The monoisotopic (exact) mass is 220 g/mol. The van der Waals surface area contributed by atoms with Crippen molar-refractivity contribution < 1.29 is 5.11 Å². The van der Waals surface area contributed by atoms with E-state index in [2.05, 4.69) is 19.6 Å². The van der Waals surface area contributed by atoms with Crippen LogP contribution in [0.2, 0.25) is 0 Å². The zero-order valence-electron chi connectivity index (χ0n) is 10.6. The van der Waals surface area contributed by atoms with Gasteiger partial charge in [-0.2, -0.15) is 0 Å². The van der Waals surface area contributed by atoms with Crippen molar-refractivity contribution in [3.05, 3.63) is 23.8 Å². The largest absolute Gasteiger partial charge is 0.392 e. The van der Waals surface area contributed by atoms with Crippen LogP contribution in [0.25, 0.3) is 0 Å². The van der Waals surface area contributed by atoms with Gasteiger partial charge in [-0.3, -0.25) is 0 Å².